The van der Waals surface area contributed by atoms with Crippen LogP contribution < -0.4 is 5.32 Å². The molecule has 0 saturated carbocycles. The average molecular weight is 238 g/mol. The molecule has 0 saturated heterocycles. The Morgan fingerprint density at radius 3 is 2.83 bits per heavy atom. The SMILES string of the molecule is c1ccn2ncc(CNCc3ccncc3)c2c1. The number of aromatic nitrogens is 3. The zero-order valence-electron chi connectivity index (χ0n) is 9.95. The summed E-state index contributed by atoms with van der Waals surface area (Å²) >= 11 is 0. The third kappa shape index (κ3) is 2.24. The third-order valence-electron chi connectivity index (χ3n) is 2.90. The molecule has 0 atom stereocenters. The van der Waals surface area contributed by atoms with Crippen molar-refractivity contribution in [1.82, 2.24) is 19.9 Å². The van der Waals surface area contributed by atoms with Crippen molar-refractivity contribution in [2.24, 2.45) is 0 Å². The summed E-state index contributed by atoms with van der Waals surface area (Å²) < 4.78 is 1.89. The van der Waals surface area contributed by atoms with Gasteiger partial charge in [-0.05, 0) is 29.8 Å². The Hall–Kier alpha value is -2.20. The Morgan fingerprint density at radius 1 is 1.06 bits per heavy atom. The molecule has 90 valence electrons. The highest BCUT2D eigenvalue weighted by molar-refractivity contribution is 5.53. The van der Waals surface area contributed by atoms with Crippen LogP contribution in [0, 0.1) is 0 Å². The van der Waals surface area contributed by atoms with Crippen molar-refractivity contribution in [2.75, 3.05) is 0 Å². The van der Waals surface area contributed by atoms with Crippen LogP contribution in [-0.4, -0.2) is 14.6 Å². The van der Waals surface area contributed by atoms with Crippen LogP contribution in [0.5, 0.6) is 0 Å². The number of nitrogens with zero attached hydrogens (tertiary/aromatic N) is 3. The topological polar surface area (TPSA) is 42.2 Å². The first-order valence-corrected chi connectivity index (χ1v) is 5.94. The van der Waals surface area contributed by atoms with Gasteiger partial charge in [-0.1, -0.05) is 6.07 Å². The highest BCUT2D eigenvalue weighted by atomic mass is 15.2. The lowest BCUT2D eigenvalue weighted by atomic mass is 10.2. The van der Waals surface area contributed by atoms with E-state index in [0.717, 1.165) is 18.6 Å². The normalized spacial score (nSPS) is 10.9. The molecule has 3 aromatic rings. The summed E-state index contributed by atoms with van der Waals surface area (Å²) in [6.45, 7) is 1.66. The molecule has 3 heterocycles. The van der Waals surface area contributed by atoms with E-state index < -0.39 is 0 Å². The van der Waals surface area contributed by atoms with Gasteiger partial charge in [0.1, 0.15) is 0 Å². The van der Waals surface area contributed by atoms with Crippen LogP contribution in [0.3, 0.4) is 0 Å². The van der Waals surface area contributed by atoms with Crippen LogP contribution in [0.1, 0.15) is 11.1 Å². The predicted octanol–water partition coefficient (Wildman–Crippen LogP) is 2.02. The maximum absolute atomic E-state index is 4.31. The van der Waals surface area contributed by atoms with Crippen LogP contribution in [-0.2, 0) is 13.1 Å². The molecular formula is C14H14N4. The third-order valence-corrected chi connectivity index (χ3v) is 2.90. The van der Waals surface area contributed by atoms with Crippen molar-refractivity contribution in [3.63, 3.8) is 0 Å². The summed E-state index contributed by atoms with van der Waals surface area (Å²) in [5.41, 5.74) is 3.60. The Morgan fingerprint density at radius 2 is 1.94 bits per heavy atom. The monoisotopic (exact) mass is 238 g/mol. The van der Waals surface area contributed by atoms with Gasteiger partial charge in [-0.3, -0.25) is 4.98 Å². The van der Waals surface area contributed by atoms with Crippen molar-refractivity contribution >= 4 is 5.52 Å². The second-order valence-corrected chi connectivity index (χ2v) is 4.16. The highest BCUT2D eigenvalue weighted by Crippen LogP contribution is 2.09. The van der Waals surface area contributed by atoms with Gasteiger partial charge in [0, 0.05) is 37.2 Å². The molecule has 0 aromatic carbocycles. The van der Waals surface area contributed by atoms with Gasteiger partial charge in [-0.15, -0.1) is 0 Å². The Balaban J connectivity index is 1.67. The number of fused-ring (bicyclic) bond motifs is 1. The number of hydrogen-bond donors (Lipinski definition) is 1. The minimum Gasteiger partial charge on any atom is -0.308 e. The van der Waals surface area contributed by atoms with Gasteiger partial charge in [0.2, 0.25) is 0 Å². The summed E-state index contributed by atoms with van der Waals surface area (Å²) in [6, 6.07) is 10.1. The van der Waals surface area contributed by atoms with Gasteiger partial charge >= 0.3 is 0 Å². The standard InChI is InChI=1S/C14H14N4/c1-2-8-18-14(3-1)13(11-17-18)10-16-9-12-4-6-15-7-5-12/h1-8,11,16H,9-10H2. The fourth-order valence-electron chi connectivity index (χ4n) is 1.97. The van der Waals surface area contributed by atoms with Crippen molar-refractivity contribution in [3.05, 3.63) is 66.2 Å². The minimum atomic E-state index is 0.815. The summed E-state index contributed by atoms with van der Waals surface area (Å²) in [4.78, 5) is 4.00. The molecule has 0 unspecified atom stereocenters. The van der Waals surface area contributed by atoms with E-state index in [0.29, 0.717) is 0 Å². The van der Waals surface area contributed by atoms with Gasteiger partial charge in [-0.2, -0.15) is 5.10 Å². The Labute approximate surface area is 105 Å². The van der Waals surface area contributed by atoms with E-state index in [2.05, 4.69) is 21.5 Å². The molecule has 0 radical (unpaired) electrons. The number of rotatable bonds is 4. The minimum absolute atomic E-state index is 0.815. The first-order chi connectivity index (χ1) is 8.93. The first-order valence-electron chi connectivity index (χ1n) is 5.94. The Bertz CT molecular complexity index is 630. The van der Waals surface area contributed by atoms with Crippen molar-refractivity contribution in [3.8, 4) is 0 Å². The molecule has 3 rings (SSSR count). The summed E-state index contributed by atoms with van der Waals surface area (Å²) in [5.74, 6) is 0. The van der Waals surface area contributed by atoms with E-state index in [1.807, 2.05) is 53.6 Å². The summed E-state index contributed by atoms with van der Waals surface area (Å²) in [6.07, 6.45) is 7.50. The molecule has 1 N–H and O–H groups in total. The molecule has 4 heteroatoms. The zero-order chi connectivity index (χ0) is 12.2. The van der Waals surface area contributed by atoms with E-state index >= 15 is 0 Å². The number of hydrogen-bond acceptors (Lipinski definition) is 3. The molecule has 18 heavy (non-hydrogen) atoms. The Kier molecular flexibility index (Phi) is 3.02. The number of pyridine rings is 2. The van der Waals surface area contributed by atoms with E-state index in [1.54, 1.807) is 0 Å². The second kappa shape index (κ2) is 4.98. The van der Waals surface area contributed by atoms with Gasteiger partial charge in [-0.25, -0.2) is 4.52 Å². The maximum Gasteiger partial charge on any atom is 0.0706 e. The van der Waals surface area contributed by atoms with Crippen molar-refractivity contribution < 1.29 is 0 Å². The van der Waals surface area contributed by atoms with E-state index in [9.17, 15) is 0 Å². The van der Waals surface area contributed by atoms with E-state index in [4.69, 9.17) is 0 Å². The number of nitrogens with one attached hydrogen (secondary N) is 1. The van der Waals surface area contributed by atoms with Crippen molar-refractivity contribution in [1.29, 1.82) is 0 Å². The molecule has 0 aliphatic rings. The van der Waals surface area contributed by atoms with Gasteiger partial charge < -0.3 is 5.32 Å². The first kappa shape index (κ1) is 10.9. The molecule has 4 nitrogen and oxygen atoms in total. The molecule has 0 amide bonds. The van der Waals surface area contributed by atoms with Gasteiger partial charge in [0.15, 0.2) is 0 Å². The molecule has 0 spiro atoms. The zero-order valence-corrected chi connectivity index (χ0v) is 9.95. The molecule has 0 aliphatic heterocycles. The van der Waals surface area contributed by atoms with Crippen LogP contribution in [0.25, 0.3) is 5.52 Å². The molecule has 0 bridgehead atoms. The van der Waals surface area contributed by atoms with E-state index in [1.165, 1.54) is 11.1 Å². The fourth-order valence-corrected chi connectivity index (χ4v) is 1.97. The van der Waals surface area contributed by atoms with Crippen LogP contribution in [0.2, 0.25) is 0 Å². The fraction of sp³-hybridized carbons (Fsp3) is 0.143. The second-order valence-electron chi connectivity index (χ2n) is 4.16. The lowest BCUT2D eigenvalue weighted by Crippen LogP contribution is -2.12. The van der Waals surface area contributed by atoms with Crippen LogP contribution >= 0.6 is 0 Å². The van der Waals surface area contributed by atoms with E-state index in [-0.39, 0.29) is 0 Å². The van der Waals surface area contributed by atoms with Crippen LogP contribution in [0.15, 0.2) is 55.1 Å². The molecule has 0 aliphatic carbocycles. The summed E-state index contributed by atoms with van der Waals surface area (Å²) in [5, 5.41) is 7.73. The largest absolute Gasteiger partial charge is 0.308 e. The average Bonchev–Trinajstić information content (AvgIpc) is 2.84. The maximum atomic E-state index is 4.31. The van der Waals surface area contributed by atoms with Crippen LogP contribution in [0.4, 0.5) is 0 Å². The van der Waals surface area contributed by atoms with Gasteiger partial charge in [0.25, 0.3) is 0 Å². The molecular weight excluding hydrogens is 224 g/mol. The van der Waals surface area contributed by atoms with Gasteiger partial charge in [0.05, 0.1) is 11.7 Å². The van der Waals surface area contributed by atoms with Crippen molar-refractivity contribution in [2.45, 2.75) is 13.1 Å². The molecule has 3 aromatic heterocycles. The predicted molar refractivity (Wildman–Crippen MR) is 70.0 cm³/mol. The molecule has 0 fully saturated rings. The highest BCUT2D eigenvalue weighted by Gasteiger charge is 2.02. The quantitative estimate of drug-likeness (QED) is 0.756. The lowest BCUT2D eigenvalue weighted by Gasteiger charge is -2.03. The smallest absolute Gasteiger partial charge is 0.0706 e. The lowest BCUT2D eigenvalue weighted by molar-refractivity contribution is 0.695. The summed E-state index contributed by atoms with van der Waals surface area (Å²) in [7, 11) is 0.